The molecule has 4 rings (SSSR count). The van der Waals surface area contributed by atoms with E-state index in [2.05, 4.69) is 46.2 Å². The number of alkyl carbamates (subject to hydrolysis) is 1. The van der Waals surface area contributed by atoms with E-state index in [-0.39, 0.29) is 5.75 Å². The average molecular weight is 545 g/mol. The number of nitrogens with zero attached hydrogens (tertiary/aromatic N) is 3. The van der Waals surface area contributed by atoms with E-state index < -0.39 is 12.3 Å². The summed E-state index contributed by atoms with van der Waals surface area (Å²) in [6.07, 6.45) is 3.77. The van der Waals surface area contributed by atoms with Crippen LogP contribution in [-0.4, -0.2) is 38.8 Å². The maximum absolute atomic E-state index is 12.6. The van der Waals surface area contributed by atoms with Crippen molar-refractivity contribution >= 4 is 17.4 Å². The van der Waals surface area contributed by atoms with Gasteiger partial charge in [0.25, 0.3) is 0 Å². The molecule has 204 valence electrons. The average Bonchev–Trinajstić information content (AvgIpc) is 3.47. The Kier molecular flexibility index (Phi) is 10.1. The molecule has 2 heterocycles. The highest BCUT2D eigenvalue weighted by Crippen LogP contribution is 2.35. The molecule has 1 amide bonds. The van der Waals surface area contributed by atoms with Crippen molar-refractivity contribution in [1.29, 1.82) is 0 Å². The summed E-state index contributed by atoms with van der Waals surface area (Å²) in [6.45, 7) is 7.79. The molecule has 1 unspecified atom stereocenters. The van der Waals surface area contributed by atoms with Crippen molar-refractivity contribution in [1.82, 2.24) is 20.2 Å². The monoisotopic (exact) mass is 544 g/mol. The van der Waals surface area contributed by atoms with Gasteiger partial charge in [0.05, 0.1) is 17.7 Å². The smallest absolute Gasteiger partial charge is 0.409 e. The van der Waals surface area contributed by atoms with E-state index in [1.54, 1.807) is 17.9 Å². The number of phenols is 1. The number of hydrogen-bond acceptors (Lipinski definition) is 7. The molecular weight excluding hydrogens is 508 g/mol. The zero-order valence-electron chi connectivity index (χ0n) is 22.7. The third-order valence-electron chi connectivity index (χ3n) is 6.39. The van der Waals surface area contributed by atoms with Crippen LogP contribution in [0.1, 0.15) is 48.8 Å². The van der Waals surface area contributed by atoms with E-state index in [1.807, 2.05) is 55.5 Å². The summed E-state index contributed by atoms with van der Waals surface area (Å²) in [5, 5.41) is 14.4. The van der Waals surface area contributed by atoms with Crippen LogP contribution in [0.4, 0.5) is 4.79 Å². The molecule has 0 radical (unpaired) electrons. The van der Waals surface area contributed by atoms with Gasteiger partial charge in [0.15, 0.2) is 6.23 Å². The highest BCUT2D eigenvalue weighted by atomic mass is 32.1. The lowest BCUT2D eigenvalue weighted by Crippen LogP contribution is -2.42. The second-order valence-electron chi connectivity index (χ2n) is 9.89. The number of amides is 1. The number of thiazole rings is 1. The number of benzene rings is 2. The van der Waals surface area contributed by atoms with Gasteiger partial charge in [0.2, 0.25) is 0 Å². The zero-order valence-corrected chi connectivity index (χ0v) is 23.5. The van der Waals surface area contributed by atoms with E-state index >= 15 is 0 Å². The Labute approximate surface area is 234 Å². The van der Waals surface area contributed by atoms with Crippen molar-refractivity contribution in [2.45, 2.75) is 52.9 Å². The summed E-state index contributed by atoms with van der Waals surface area (Å²) in [6, 6.07) is 19.9. The van der Waals surface area contributed by atoms with E-state index in [9.17, 15) is 9.90 Å². The Bertz CT molecular complexity index is 1310. The Morgan fingerprint density at radius 3 is 2.56 bits per heavy atom. The van der Waals surface area contributed by atoms with E-state index in [1.165, 1.54) is 11.3 Å². The van der Waals surface area contributed by atoms with Crippen LogP contribution in [0.15, 0.2) is 78.6 Å². The molecule has 0 fully saturated rings. The van der Waals surface area contributed by atoms with Crippen LogP contribution in [0.3, 0.4) is 0 Å². The van der Waals surface area contributed by atoms with Crippen molar-refractivity contribution in [3.05, 3.63) is 100 Å². The quantitative estimate of drug-likeness (QED) is 0.195. The molecule has 39 heavy (non-hydrogen) atoms. The van der Waals surface area contributed by atoms with E-state index in [0.717, 1.165) is 32.8 Å². The Morgan fingerprint density at radius 1 is 1.10 bits per heavy atom. The van der Waals surface area contributed by atoms with Crippen LogP contribution in [-0.2, 0) is 24.2 Å². The van der Waals surface area contributed by atoms with Gasteiger partial charge in [-0.3, -0.25) is 14.9 Å². The highest BCUT2D eigenvalue weighted by Gasteiger charge is 2.25. The first-order valence-corrected chi connectivity index (χ1v) is 14.2. The molecule has 1 atom stereocenters. The van der Waals surface area contributed by atoms with Gasteiger partial charge in [-0.15, -0.1) is 11.3 Å². The number of phenolic OH excluding ortho intramolecular Hbond substituents is 1. The van der Waals surface area contributed by atoms with Crippen molar-refractivity contribution in [3.8, 4) is 17.0 Å². The summed E-state index contributed by atoms with van der Waals surface area (Å²) in [7, 11) is 0. The fraction of sp³-hybridized carbons (Fsp3) is 0.323. The van der Waals surface area contributed by atoms with Gasteiger partial charge in [-0.2, -0.15) is 0 Å². The second-order valence-corrected chi connectivity index (χ2v) is 10.9. The molecule has 8 heteroatoms. The summed E-state index contributed by atoms with van der Waals surface area (Å²) >= 11 is 1.48. The standard InChI is InChI=1S/C31H36N4O3S/c1-4-29(38-31(37)34-18-25-17-32-21-39-25)35(19-22(2)3)20-24-13-14-26(28-12-8-9-15-33-28)27(30(24)36)16-23-10-6-5-7-11-23/h5-15,17,21-22,29,36H,4,16,18-20H2,1-3H3,(H,34,37). The third-order valence-corrected chi connectivity index (χ3v) is 7.17. The maximum Gasteiger partial charge on any atom is 0.409 e. The van der Waals surface area contributed by atoms with Gasteiger partial charge in [0.1, 0.15) is 5.75 Å². The maximum atomic E-state index is 12.6. The lowest BCUT2D eigenvalue weighted by molar-refractivity contribution is -0.0267. The summed E-state index contributed by atoms with van der Waals surface area (Å²) in [5.41, 5.74) is 6.18. The van der Waals surface area contributed by atoms with Crippen molar-refractivity contribution in [3.63, 3.8) is 0 Å². The summed E-state index contributed by atoms with van der Waals surface area (Å²) in [4.78, 5) is 24.3. The Morgan fingerprint density at radius 2 is 1.90 bits per heavy atom. The molecule has 0 aliphatic rings. The van der Waals surface area contributed by atoms with Gasteiger partial charge in [-0.25, -0.2) is 4.79 Å². The minimum atomic E-state index is -0.469. The number of hydrogen-bond donors (Lipinski definition) is 2. The van der Waals surface area contributed by atoms with Gasteiger partial charge in [-0.1, -0.05) is 69.3 Å². The SMILES string of the molecule is CCC(OC(=O)NCc1cncs1)N(Cc1ccc(-c2ccccn2)c(Cc2ccccc2)c1O)CC(C)C. The molecule has 0 aliphatic carbocycles. The fourth-order valence-corrected chi connectivity index (χ4v) is 5.13. The first kappa shape index (κ1) is 28.3. The molecule has 0 saturated heterocycles. The second kappa shape index (κ2) is 13.9. The minimum absolute atomic E-state index is 0.250. The Balaban J connectivity index is 1.60. The zero-order chi connectivity index (χ0) is 27.6. The number of ether oxygens (including phenoxy) is 1. The van der Waals surface area contributed by atoms with Gasteiger partial charge >= 0.3 is 6.09 Å². The molecule has 0 aliphatic heterocycles. The van der Waals surface area contributed by atoms with Crippen molar-refractivity contribution < 1.29 is 14.6 Å². The van der Waals surface area contributed by atoms with Crippen LogP contribution in [0, 0.1) is 5.92 Å². The normalized spacial score (nSPS) is 12.0. The summed E-state index contributed by atoms with van der Waals surface area (Å²) in [5.74, 6) is 0.585. The largest absolute Gasteiger partial charge is 0.507 e. The topological polar surface area (TPSA) is 87.6 Å². The number of nitrogens with one attached hydrogen (secondary N) is 1. The van der Waals surface area contributed by atoms with Crippen LogP contribution in [0.5, 0.6) is 5.75 Å². The predicted molar refractivity (Wildman–Crippen MR) is 155 cm³/mol. The first-order chi connectivity index (χ1) is 18.9. The number of carbonyl (C=O) groups excluding carboxylic acids is 1. The Hall–Kier alpha value is -3.75. The molecule has 0 spiro atoms. The van der Waals surface area contributed by atoms with Gasteiger partial charge in [0, 0.05) is 53.5 Å². The molecule has 4 aromatic rings. The number of pyridine rings is 1. The summed E-state index contributed by atoms with van der Waals surface area (Å²) < 4.78 is 5.86. The van der Waals surface area contributed by atoms with Crippen LogP contribution < -0.4 is 5.32 Å². The van der Waals surface area contributed by atoms with Crippen LogP contribution in [0.2, 0.25) is 0 Å². The highest BCUT2D eigenvalue weighted by molar-refractivity contribution is 7.09. The van der Waals surface area contributed by atoms with E-state index in [4.69, 9.17) is 4.74 Å². The van der Waals surface area contributed by atoms with Crippen molar-refractivity contribution in [2.24, 2.45) is 5.92 Å². The molecule has 0 bridgehead atoms. The van der Waals surface area contributed by atoms with Gasteiger partial charge < -0.3 is 15.2 Å². The molecule has 2 aromatic carbocycles. The molecule has 0 saturated carbocycles. The number of aromatic nitrogens is 2. The lowest BCUT2D eigenvalue weighted by atomic mass is 9.93. The van der Waals surface area contributed by atoms with E-state index in [0.29, 0.717) is 38.4 Å². The number of carbonyl (C=O) groups is 1. The molecular formula is C31H36N4O3S. The van der Waals surface area contributed by atoms with Crippen LogP contribution >= 0.6 is 11.3 Å². The van der Waals surface area contributed by atoms with Crippen LogP contribution in [0.25, 0.3) is 11.3 Å². The fourth-order valence-electron chi connectivity index (χ4n) is 4.60. The van der Waals surface area contributed by atoms with Crippen molar-refractivity contribution in [2.75, 3.05) is 6.54 Å². The van der Waals surface area contributed by atoms with Gasteiger partial charge in [-0.05, 0) is 30.0 Å². The molecule has 7 nitrogen and oxygen atoms in total. The number of aromatic hydroxyl groups is 1. The third kappa shape index (κ3) is 7.88. The molecule has 2 aromatic heterocycles. The number of rotatable bonds is 12. The minimum Gasteiger partial charge on any atom is -0.507 e. The lowest BCUT2D eigenvalue weighted by Gasteiger charge is -2.32. The molecule has 2 N–H and O–H groups in total. The first-order valence-electron chi connectivity index (χ1n) is 13.3. The predicted octanol–water partition coefficient (Wildman–Crippen LogP) is 6.62.